The van der Waals surface area contributed by atoms with E-state index >= 15 is 0 Å². The highest BCUT2D eigenvalue weighted by Gasteiger charge is 2.16. The third kappa shape index (κ3) is 3.23. The molecular formula is C17H15BrN2O2S. The molecule has 4 nitrogen and oxygen atoms in total. The third-order valence-corrected chi connectivity index (χ3v) is 5.55. The lowest BCUT2D eigenvalue weighted by molar-refractivity contribution is 0.601. The number of halogens is 1. The topological polar surface area (TPSA) is 59.1 Å². The highest BCUT2D eigenvalue weighted by molar-refractivity contribution is 9.10. The average Bonchev–Trinajstić information content (AvgIpc) is 2.50. The maximum absolute atomic E-state index is 12.5. The van der Waals surface area contributed by atoms with Crippen LogP contribution in [-0.2, 0) is 10.0 Å². The quantitative estimate of drug-likeness (QED) is 0.719. The highest BCUT2D eigenvalue weighted by atomic mass is 79.9. The Bertz CT molecular complexity index is 983. The van der Waals surface area contributed by atoms with Gasteiger partial charge in [-0.15, -0.1) is 0 Å². The fraction of sp³-hybridized carbons (Fsp3) is 0.118. The maximum Gasteiger partial charge on any atom is 0.261 e. The van der Waals surface area contributed by atoms with E-state index in [1.807, 2.05) is 32.0 Å². The molecule has 0 unspecified atom stereocenters. The van der Waals surface area contributed by atoms with E-state index in [9.17, 15) is 8.42 Å². The molecule has 3 aromatic rings. The number of sulfonamides is 1. The second-order valence-corrected chi connectivity index (χ2v) is 7.97. The van der Waals surface area contributed by atoms with Crippen LogP contribution in [0.4, 0.5) is 5.69 Å². The van der Waals surface area contributed by atoms with Gasteiger partial charge in [0.1, 0.15) is 0 Å². The molecule has 2 aromatic carbocycles. The number of rotatable bonds is 3. The number of aromatic nitrogens is 1. The van der Waals surface area contributed by atoms with Crippen molar-refractivity contribution < 1.29 is 8.42 Å². The molecule has 1 aromatic heterocycles. The predicted octanol–water partition coefficient (Wildman–Crippen LogP) is 4.41. The zero-order chi connectivity index (χ0) is 16.6. The van der Waals surface area contributed by atoms with Gasteiger partial charge in [-0.25, -0.2) is 8.42 Å². The minimum atomic E-state index is -3.63. The second kappa shape index (κ2) is 5.94. The molecule has 118 valence electrons. The molecule has 0 radical (unpaired) electrons. The molecule has 0 aliphatic heterocycles. The van der Waals surface area contributed by atoms with Gasteiger partial charge in [0, 0.05) is 9.86 Å². The molecule has 0 aliphatic carbocycles. The molecule has 0 amide bonds. The summed E-state index contributed by atoms with van der Waals surface area (Å²) < 4.78 is 28.6. The third-order valence-electron chi connectivity index (χ3n) is 3.68. The second-order valence-electron chi connectivity index (χ2n) is 5.38. The minimum Gasteiger partial charge on any atom is -0.278 e. The van der Waals surface area contributed by atoms with Gasteiger partial charge >= 0.3 is 0 Å². The number of nitrogens with zero attached hydrogens (tertiary/aromatic N) is 1. The van der Waals surface area contributed by atoms with Gasteiger partial charge in [-0.3, -0.25) is 9.71 Å². The number of pyridine rings is 1. The summed E-state index contributed by atoms with van der Waals surface area (Å²) in [6, 6.07) is 12.5. The summed E-state index contributed by atoms with van der Waals surface area (Å²) in [5, 5.41) is 0.914. The normalized spacial score (nSPS) is 11.6. The van der Waals surface area contributed by atoms with E-state index in [2.05, 4.69) is 25.6 Å². The molecule has 1 N–H and O–H groups in total. The van der Waals surface area contributed by atoms with E-state index in [4.69, 9.17) is 0 Å². The average molecular weight is 391 g/mol. The summed E-state index contributed by atoms with van der Waals surface area (Å²) in [5.41, 5.74) is 3.16. The first-order chi connectivity index (χ1) is 10.9. The molecule has 6 heteroatoms. The van der Waals surface area contributed by atoms with Gasteiger partial charge in [-0.1, -0.05) is 39.7 Å². The number of nitrogens with one attached hydrogen (secondary N) is 1. The summed E-state index contributed by atoms with van der Waals surface area (Å²) in [7, 11) is -3.63. The molecular weight excluding hydrogens is 376 g/mol. The number of fused-ring (bicyclic) bond motifs is 1. The fourth-order valence-electron chi connectivity index (χ4n) is 2.33. The smallest absolute Gasteiger partial charge is 0.261 e. The number of benzene rings is 2. The summed E-state index contributed by atoms with van der Waals surface area (Å²) in [6.07, 6.45) is 1.55. The van der Waals surface area contributed by atoms with E-state index in [0.717, 1.165) is 26.5 Å². The first-order valence-electron chi connectivity index (χ1n) is 7.01. The Kier molecular flexibility index (Phi) is 4.12. The molecule has 1 heterocycles. The van der Waals surface area contributed by atoms with Crippen LogP contribution in [0.3, 0.4) is 0 Å². The maximum atomic E-state index is 12.5. The van der Waals surface area contributed by atoms with Gasteiger partial charge in [-0.05, 0) is 43.7 Å². The lowest BCUT2D eigenvalue weighted by Gasteiger charge is -2.12. The van der Waals surface area contributed by atoms with Crippen molar-refractivity contribution in [1.29, 1.82) is 0 Å². The van der Waals surface area contributed by atoms with Crippen molar-refractivity contribution in [3.63, 3.8) is 0 Å². The van der Waals surface area contributed by atoms with Crippen LogP contribution in [0.5, 0.6) is 0 Å². The molecule has 0 saturated carbocycles. The molecule has 0 aliphatic rings. The Morgan fingerprint density at radius 3 is 2.43 bits per heavy atom. The molecule has 0 bridgehead atoms. The Hall–Kier alpha value is -1.92. The van der Waals surface area contributed by atoms with Crippen molar-refractivity contribution in [3.05, 3.63) is 64.3 Å². The lowest BCUT2D eigenvalue weighted by Crippen LogP contribution is -2.14. The van der Waals surface area contributed by atoms with Crippen molar-refractivity contribution in [2.75, 3.05) is 4.72 Å². The first-order valence-corrected chi connectivity index (χ1v) is 9.29. The minimum absolute atomic E-state index is 0.235. The van der Waals surface area contributed by atoms with E-state index in [1.165, 1.54) is 0 Å². The van der Waals surface area contributed by atoms with Crippen LogP contribution >= 0.6 is 15.9 Å². The van der Waals surface area contributed by atoms with Gasteiger partial charge in [0.2, 0.25) is 0 Å². The predicted molar refractivity (Wildman–Crippen MR) is 96.2 cm³/mol. The van der Waals surface area contributed by atoms with Crippen LogP contribution < -0.4 is 4.72 Å². The summed E-state index contributed by atoms with van der Waals surface area (Å²) >= 11 is 3.41. The lowest BCUT2D eigenvalue weighted by atomic mass is 10.1. The molecule has 23 heavy (non-hydrogen) atoms. The number of hydrogen-bond donors (Lipinski definition) is 1. The van der Waals surface area contributed by atoms with Crippen LogP contribution in [0.25, 0.3) is 10.9 Å². The standard InChI is InChI=1S/C17H15BrN2O2S/c1-11-3-6-14(7-4-11)23(21,22)20-17-10-19-16-9-13(18)5-8-15(16)12(17)2/h3-10,20H,1-2H3. The summed E-state index contributed by atoms with van der Waals surface area (Å²) in [6.45, 7) is 3.80. The molecule has 0 atom stereocenters. The Morgan fingerprint density at radius 2 is 1.74 bits per heavy atom. The Labute approximate surface area is 143 Å². The van der Waals surface area contributed by atoms with Crippen molar-refractivity contribution in [2.45, 2.75) is 18.7 Å². The van der Waals surface area contributed by atoms with Crippen molar-refractivity contribution in [3.8, 4) is 0 Å². The van der Waals surface area contributed by atoms with Gasteiger partial charge < -0.3 is 0 Å². The van der Waals surface area contributed by atoms with Crippen molar-refractivity contribution >= 4 is 42.5 Å². The largest absolute Gasteiger partial charge is 0.278 e. The molecule has 0 fully saturated rings. The van der Waals surface area contributed by atoms with Crippen molar-refractivity contribution in [2.24, 2.45) is 0 Å². The number of aryl methyl sites for hydroxylation is 2. The van der Waals surface area contributed by atoms with Crippen LogP contribution in [0.15, 0.2) is 58.0 Å². The Morgan fingerprint density at radius 1 is 1.04 bits per heavy atom. The van der Waals surface area contributed by atoms with Gasteiger partial charge in [0.15, 0.2) is 0 Å². The van der Waals surface area contributed by atoms with E-state index in [0.29, 0.717) is 5.69 Å². The monoisotopic (exact) mass is 390 g/mol. The molecule has 0 spiro atoms. The SMILES string of the molecule is Cc1ccc(S(=O)(=O)Nc2cnc3cc(Br)ccc3c2C)cc1. The van der Waals surface area contributed by atoms with Gasteiger partial charge in [0.25, 0.3) is 10.0 Å². The van der Waals surface area contributed by atoms with Gasteiger partial charge in [-0.2, -0.15) is 0 Å². The zero-order valence-corrected chi connectivity index (χ0v) is 15.1. The highest BCUT2D eigenvalue weighted by Crippen LogP contribution is 2.27. The Balaban J connectivity index is 2.02. The summed E-state index contributed by atoms with van der Waals surface area (Å²) in [4.78, 5) is 4.57. The fourth-order valence-corrected chi connectivity index (χ4v) is 3.79. The summed E-state index contributed by atoms with van der Waals surface area (Å²) in [5.74, 6) is 0. The van der Waals surface area contributed by atoms with Gasteiger partial charge in [0.05, 0.1) is 22.3 Å². The van der Waals surface area contributed by atoms with Crippen LogP contribution in [0.1, 0.15) is 11.1 Å². The van der Waals surface area contributed by atoms with Crippen molar-refractivity contribution in [1.82, 2.24) is 4.98 Å². The molecule has 0 saturated heterocycles. The number of anilines is 1. The van der Waals surface area contributed by atoms with Crippen LogP contribution in [0, 0.1) is 13.8 Å². The zero-order valence-electron chi connectivity index (χ0n) is 12.7. The molecule has 3 rings (SSSR count). The van der Waals surface area contributed by atoms with E-state index in [-0.39, 0.29) is 4.90 Å². The first kappa shape index (κ1) is 16.0. The van der Waals surface area contributed by atoms with E-state index < -0.39 is 10.0 Å². The van der Waals surface area contributed by atoms with E-state index in [1.54, 1.807) is 30.5 Å². The van der Waals surface area contributed by atoms with Crippen LogP contribution in [-0.4, -0.2) is 13.4 Å². The number of hydrogen-bond acceptors (Lipinski definition) is 3. The van der Waals surface area contributed by atoms with Crippen LogP contribution in [0.2, 0.25) is 0 Å².